The molecule has 0 saturated heterocycles. The zero-order valence-electron chi connectivity index (χ0n) is 12.5. The van der Waals surface area contributed by atoms with Crippen molar-refractivity contribution in [3.8, 4) is 0 Å². The zero-order chi connectivity index (χ0) is 15.4. The Bertz CT molecular complexity index is 364. The Labute approximate surface area is 113 Å². The van der Waals surface area contributed by atoms with E-state index in [4.69, 9.17) is 5.11 Å². The van der Waals surface area contributed by atoms with Gasteiger partial charge in [-0.05, 0) is 5.41 Å². The van der Waals surface area contributed by atoms with Crippen LogP contribution in [0.2, 0.25) is 0 Å². The van der Waals surface area contributed by atoms with Crippen LogP contribution in [0.15, 0.2) is 0 Å². The number of carboxylic acid groups (broad SMARTS) is 1. The summed E-state index contributed by atoms with van der Waals surface area (Å²) in [7, 11) is 0. The highest BCUT2D eigenvalue weighted by Gasteiger charge is 2.32. The first kappa shape index (κ1) is 17.4. The number of nitrogens with one attached hydrogen (secondary N) is 2. The number of rotatable bonds is 4. The molecule has 0 heterocycles. The van der Waals surface area contributed by atoms with Crippen molar-refractivity contribution in [3.63, 3.8) is 0 Å². The van der Waals surface area contributed by atoms with Gasteiger partial charge >= 0.3 is 5.97 Å². The van der Waals surface area contributed by atoms with E-state index in [1.165, 1.54) is 0 Å². The van der Waals surface area contributed by atoms with Gasteiger partial charge in [0.05, 0.1) is 6.54 Å². The minimum Gasteiger partial charge on any atom is -0.480 e. The Kier molecular flexibility index (Phi) is 5.53. The van der Waals surface area contributed by atoms with Crippen molar-refractivity contribution in [2.24, 2.45) is 10.8 Å². The molecule has 110 valence electrons. The van der Waals surface area contributed by atoms with Crippen LogP contribution in [0.1, 0.15) is 41.5 Å². The summed E-state index contributed by atoms with van der Waals surface area (Å²) in [5, 5.41) is 13.9. The van der Waals surface area contributed by atoms with E-state index >= 15 is 0 Å². The molecule has 0 aliphatic rings. The van der Waals surface area contributed by atoms with Crippen LogP contribution < -0.4 is 10.6 Å². The molecule has 0 aliphatic carbocycles. The number of carbonyl (C=O) groups excluding carboxylic acids is 2. The van der Waals surface area contributed by atoms with Crippen molar-refractivity contribution in [2.45, 2.75) is 47.6 Å². The SMILES string of the molecule is CC(C)(C)C(=O)NCC(=O)N[C@@H](C(=O)O)C(C)(C)C. The third kappa shape index (κ3) is 6.22. The molecule has 0 aromatic carbocycles. The molecule has 0 bridgehead atoms. The molecule has 0 saturated carbocycles. The van der Waals surface area contributed by atoms with E-state index in [-0.39, 0.29) is 12.5 Å². The normalized spacial score (nSPS) is 13.6. The largest absolute Gasteiger partial charge is 0.480 e. The summed E-state index contributed by atoms with van der Waals surface area (Å²) < 4.78 is 0. The van der Waals surface area contributed by atoms with E-state index < -0.39 is 28.7 Å². The number of hydrogen-bond acceptors (Lipinski definition) is 3. The second kappa shape index (κ2) is 6.04. The lowest BCUT2D eigenvalue weighted by Crippen LogP contribution is -2.52. The van der Waals surface area contributed by atoms with Gasteiger partial charge < -0.3 is 15.7 Å². The molecule has 0 spiro atoms. The summed E-state index contributed by atoms with van der Waals surface area (Å²) >= 11 is 0. The lowest BCUT2D eigenvalue weighted by Gasteiger charge is -2.28. The highest BCUT2D eigenvalue weighted by Crippen LogP contribution is 2.19. The fourth-order valence-corrected chi connectivity index (χ4v) is 1.29. The third-order valence-electron chi connectivity index (χ3n) is 2.51. The fraction of sp³-hybridized carbons (Fsp3) is 0.769. The molecule has 1 atom stereocenters. The quantitative estimate of drug-likeness (QED) is 0.704. The zero-order valence-corrected chi connectivity index (χ0v) is 12.5. The fourth-order valence-electron chi connectivity index (χ4n) is 1.29. The van der Waals surface area contributed by atoms with Crippen molar-refractivity contribution in [1.82, 2.24) is 10.6 Å². The van der Waals surface area contributed by atoms with Crippen molar-refractivity contribution in [1.29, 1.82) is 0 Å². The predicted octanol–water partition coefficient (Wildman–Crippen LogP) is 0.764. The minimum absolute atomic E-state index is 0.226. The van der Waals surface area contributed by atoms with Gasteiger partial charge in [-0.2, -0.15) is 0 Å². The lowest BCUT2D eigenvalue weighted by atomic mass is 9.87. The summed E-state index contributed by atoms with van der Waals surface area (Å²) in [5.74, 6) is -1.87. The van der Waals surface area contributed by atoms with Crippen molar-refractivity contribution in [3.05, 3.63) is 0 Å². The molecule has 0 unspecified atom stereocenters. The maximum atomic E-state index is 11.6. The molecule has 6 nitrogen and oxygen atoms in total. The van der Waals surface area contributed by atoms with Crippen molar-refractivity contribution in [2.75, 3.05) is 6.54 Å². The Balaban J connectivity index is 4.46. The van der Waals surface area contributed by atoms with Crippen LogP contribution in [0.25, 0.3) is 0 Å². The van der Waals surface area contributed by atoms with Crippen LogP contribution in [-0.2, 0) is 14.4 Å². The molecule has 0 radical (unpaired) electrons. The average Bonchev–Trinajstić information content (AvgIpc) is 2.18. The lowest BCUT2D eigenvalue weighted by molar-refractivity contribution is -0.144. The first-order valence-electron chi connectivity index (χ1n) is 6.16. The van der Waals surface area contributed by atoms with Crippen molar-refractivity contribution < 1.29 is 19.5 Å². The van der Waals surface area contributed by atoms with Gasteiger partial charge in [-0.15, -0.1) is 0 Å². The highest BCUT2D eigenvalue weighted by atomic mass is 16.4. The van der Waals surface area contributed by atoms with Gasteiger partial charge in [0.25, 0.3) is 0 Å². The molecule has 6 heteroatoms. The van der Waals surface area contributed by atoms with Crippen LogP contribution in [0.5, 0.6) is 0 Å². The molecule has 2 amide bonds. The Morgan fingerprint density at radius 3 is 1.84 bits per heavy atom. The van der Waals surface area contributed by atoms with E-state index in [2.05, 4.69) is 10.6 Å². The van der Waals surface area contributed by atoms with Gasteiger partial charge in [-0.1, -0.05) is 41.5 Å². The van der Waals surface area contributed by atoms with Gasteiger partial charge in [0.1, 0.15) is 6.04 Å². The predicted molar refractivity (Wildman–Crippen MR) is 71.5 cm³/mol. The van der Waals surface area contributed by atoms with Crippen LogP contribution >= 0.6 is 0 Å². The minimum atomic E-state index is -1.09. The van der Waals surface area contributed by atoms with E-state index in [0.717, 1.165) is 0 Å². The second-order valence-electron chi connectivity index (χ2n) is 6.64. The van der Waals surface area contributed by atoms with Crippen LogP contribution in [0.4, 0.5) is 0 Å². The summed E-state index contributed by atoms with van der Waals surface area (Å²) in [4.78, 5) is 34.3. The van der Waals surface area contributed by atoms with Gasteiger partial charge in [0.15, 0.2) is 0 Å². The summed E-state index contributed by atoms with van der Waals surface area (Å²) in [5.41, 5.74) is -1.19. The maximum absolute atomic E-state index is 11.6. The molecule has 0 aliphatic heterocycles. The van der Waals surface area contributed by atoms with Crippen LogP contribution in [-0.4, -0.2) is 35.5 Å². The van der Waals surface area contributed by atoms with E-state index in [1.54, 1.807) is 41.5 Å². The summed E-state index contributed by atoms with van der Waals surface area (Å²) in [6, 6.07) is -0.994. The second-order valence-corrected chi connectivity index (χ2v) is 6.64. The van der Waals surface area contributed by atoms with Crippen molar-refractivity contribution >= 4 is 17.8 Å². The first-order chi connectivity index (χ1) is 8.35. The molecule has 19 heavy (non-hydrogen) atoms. The van der Waals surface area contributed by atoms with Crippen LogP contribution in [0, 0.1) is 10.8 Å². The Morgan fingerprint density at radius 2 is 1.53 bits per heavy atom. The van der Waals surface area contributed by atoms with Gasteiger partial charge in [0.2, 0.25) is 11.8 Å². The summed E-state index contributed by atoms with van der Waals surface area (Å²) in [6.07, 6.45) is 0. The monoisotopic (exact) mass is 272 g/mol. The smallest absolute Gasteiger partial charge is 0.326 e. The molecular weight excluding hydrogens is 248 g/mol. The number of amides is 2. The number of carboxylic acids is 1. The molecule has 0 fully saturated rings. The first-order valence-corrected chi connectivity index (χ1v) is 6.16. The van der Waals surface area contributed by atoms with E-state index in [1.807, 2.05) is 0 Å². The van der Waals surface area contributed by atoms with E-state index in [9.17, 15) is 14.4 Å². The van der Waals surface area contributed by atoms with Gasteiger partial charge in [-0.3, -0.25) is 9.59 Å². The molecule has 0 aromatic heterocycles. The van der Waals surface area contributed by atoms with E-state index in [0.29, 0.717) is 0 Å². The molecular formula is C13H24N2O4. The number of hydrogen-bond donors (Lipinski definition) is 3. The number of carbonyl (C=O) groups is 3. The maximum Gasteiger partial charge on any atom is 0.326 e. The van der Waals surface area contributed by atoms with Gasteiger partial charge in [0, 0.05) is 5.41 Å². The highest BCUT2D eigenvalue weighted by molar-refractivity contribution is 5.89. The Morgan fingerprint density at radius 1 is 1.05 bits per heavy atom. The number of aliphatic carboxylic acids is 1. The molecule has 0 rings (SSSR count). The molecule has 0 aromatic rings. The summed E-state index contributed by atoms with van der Waals surface area (Å²) in [6.45, 7) is 10.1. The molecule has 3 N–H and O–H groups in total. The van der Waals surface area contributed by atoms with Crippen LogP contribution in [0.3, 0.4) is 0 Å². The third-order valence-corrected chi connectivity index (χ3v) is 2.51. The topological polar surface area (TPSA) is 95.5 Å². The average molecular weight is 272 g/mol. The Hall–Kier alpha value is -1.59. The standard InChI is InChI=1S/C13H24N2O4/c1-12(2,3)9(10(17)18)15-8(16)7-14-11(19)13(4,5)6/h9H,7H2,1-6H3,(H,14,19)(H,15,16)(H,17,18)/t9-/m0/s1. The van der Waals surface area contributed by atoms with Gasteiger partial charge in [-0.25, -0.2) is 4.79 Å².